The van der Waals surface area contributed by atoms with Crippen LogP contribution in [0.4, 0.5) is 0 Å². The van der Waals surface area contributed by atoms with Gasteiger partial charge >= 0.3 is 0 Å². The average Bonchev–Trinajstić information content (AvgIpc) is 2.68. The van der Waals surface area contributed by atoms with E-state index in [2.05, 4.69) is 23.2 Å². The van der Waals surface area contributed by atoms with E-state index in [0.29, 0.717) is 12.5 Å². The molecule has 1 aliphatic heterocycles. The van der Waals surface area contributed by atoms with Crippen LogP contribution in [0.15, 0.2) is 0 Å². The fourth-order valence-corrected chi connectivity index (χ4v) is 2.43. The number of carbonyl (C=O) groups excluding carboxylic acids is 1. The Balaban J connectivity index is 2.64. The molecule has 1 aliphatic rings. The first-order chi connectivity index (χ1) is 7.57. The fraction of sp³-hybridized carbons (Fsp3) is 0.833. The monoisotopic (exact) mass is 223 g/mol. The lowest BCUT2D eigenvalue weighted by molar-refractivity contribution is -0.129. The van der Waals surface area contributed by atoms with Crippen molar-refractivity contribution in [2.45, 2.75) is 39.2 Å². The maximum Gasteiger partial charge on any atom is 0.227 e. The smallest absolute Gasteiger partial charge is 0.227 e. The van der Waals surface area contributed by atoms with Gasteiger partial charge in [-0.25, -0.2) is 0 Å². The number of hydrogen-bond donors (Lipinski definition) is 1. The van der Waals surface area contributed by atoms with Crippen LogP contribution in [0.1, 0.15) is 33.1 Å². The molecule has 90 valence electrons. The summed E-state index contributed by atoms with van der Waals surface area (Å²) < 4.78 is 0. The molecule has 4 heteroatoms. The van der Waals surface area contributed by atoms with E-state index < -0.39 is 0 Å². The van der Waals surface area contributed by atoms with Crippen LogP contribution in [-0.4, -0.2) is 37.0 Å². The molecule has 0 spiro atoms. The summed E-state index contributed by atoms with van der Waals surface area (Å²) in [6.45, 7) is 5.79. The molecule has 1 saturated heterocycles. The largest absolute Gasteiger partial charge is 0.359 e. The molecule has 4 nitrogen and oxygen atoms in total. The molecule has 0 radical (unpaired) electrons. The second-order valence-electron chi connectivity index (χ2n) is 4.78. The van der Waals surface area contributed by atoms with Gasteiger partial charge in [0.15, 0.2) is 0 Å². The molecule has 1 rings (SSSR count). The zero-order valence-electron chi connectivity index (χ0n) is 10.4. The van der Waals surface area contributed by atoms with Crippen LogP contribution in [0.5, 0.6) is 0 Å². The van der Waals surface area contributed by atoms with Gasteiger partial charge in [-0.1, -0.05) is 6.92 Å². The summed E-state index contributed by atoms with van der Waals surface area (Å²) in [4.78, 5) is 14.0. The number of carbonyl (C=O) groups is 1. The number of nitrogens with zero attached hydrogens (tertiary/aromatic N) is 2. The SMILES string of the molecule is CCC(CC#N)N1CCC(C)(C(=O)NC)C1. The molecule has 0 aliphatic carbocycles. The second kappa shape index (κ2) is 5.31. The van der Waals surface area contributed by atoms with Gasteiger partial charge in [-0.05, 0) is 26.3 Å². The zero-order chi connectivity index (χ0) is 12.2. The van der Waals surface area contributed by atoms with Crippen molar-refractivity contribution >= 4 is 5.91 Å². The highest BCUT2D eigenvalue weighted by molar-refractivity contribution is 5.82. The molecule has 1 heterocycles. The number of hydrogen-bond acceptors (Lipinski definition) is 3. The quantitative estimate of drug-likeness (QED) is 0.777. The average molecular weight is 223 g/mol. The predicted octanol–water partition coefficient (Wildman–Crippen LogP) is 1.14. The molecule has 1 fully saturated rings. The van der Waals surface area contributed by atoms with E-state index >= 15 is 0 Å². The van der Waals surface area contributed by atoms with Crippen LogP contribution in [0.25, 0.3) is 0 Å². The summed E-state index contributed by atoms with van der Waals surface area (Å²) in [5.41, 5.74) is -0.280. The summed E-state index contributed by atoms with van der Waals surface area (Å²) in [6.07, 6.45) is 2.41. The highest BCUT2D eigenvalue weighted by atomic mass is 16.2. The molecule has 0 saturated carbocycles. The van der Waals surface area contributed by atoms with Gasteiger partial charge in [-0.2, -0.15) is 5.26 Å². The Morgan fingerprint density at radius 1 is 1.69 bits per heavy atom. The van der Waals surface area contributed by atoms with E-state index in [1.807, 2.05) is 6.92 Å². The normalized spacial score (nSPS) is 27.4. The van der Waals surface area contributed by atoms with Gasteiger partial charge in [-0.15, -0.1) is 0 Å². The van der Waals surface area contributed by atoms with Gasteiger partial charge in [0.1, 0.15) is 0 Å². The third-order valence-corrected chi connectivity index (χ3v) is 3.59. The van der Waals surface area contributed by atoms with Gasteiger partial charge in [0.25, 0.3) is 0 Å². The van der Waals surface area contributed by atoms with Crippen molar-refractivity contribution in [3.8, 4) is 6.07 Å². The van der Waals surface area contributed by atoms with E-state index in [0.717, 1.165) is 25.9 Å². The lowest BCUT2D eigenvalue weighted by atomic mass is 9.89. The van der Waals surface area contributed by atoms with Gasteiger partial charge in [0, 0.05) is 19.6 Å². The number of likely N-dealkylation sites (tertiary alicyclic amines) is 1. The maximum absolute atomic E-state index is 11.7. The predicted molar refractivity (Wildman–Crippen MR) is 62.7 cm³/mol. The Hall–Kier alpha value is -1.08. The van der Waals surface area contributed by atoms with Crippen LogP contribution in [0.3, 0.4) is 0 Å². The standard InChI is InChI=1S/C12H21N3O/c1-4-10(5-7-13)15-8-6-12(2,9-15)11(16)14-3/h10H,4-6,8-9H2,1-3H3,(H,14,16). The Labute approximate surface area is 97.6 Å². The van der Waals surface area contributed by atoms with E-state index in [4.69, 9.17) is 5.26 Å². The minimum atomic E-state index is -0.280. The first kappa shape index (κ1) is 13.0. The van der Waals surface area contributed by atoms with Crippen LogP contribution in [-0.2, 0) is 4.79 Å². The molecule has 2 atom stereocenters. The molecule has 2 unspecified atom stereocenters. The molecule has 1 amide bonds. The highest BCUT2D eigenvalue weighted by Crippen LogP contribution is 2.32. The summed E-state index contributed by atoms with van der Waals surface area (Å²) >= 11 is 0. The maximum atomic E-state index is 11.7. The Morgan fingerprint density at radius 2 is 2.38 bits per heavy atom. The molecule has 0 aromatic rings. The van der Waals surface area contributed by atoms with Crippen molar-refractivity contribution < 1.29 is 4.79 Å². The van der Waals surface area contributed by atoms with Crippen molar-refractivity contribution in [2.75, 3.05) is 20.1 Å². The first-order valence-corrected chi connectivity index (χ1v) is 5.90. The van der Waals surface area contributed by atoms with Gasteiger partial charge in [-0.3, -0.25) is 9.69 Å². The lowest BCUT2D eigenvalue weighted by Gasteiger charge is -2.27. The third kappa shape index (κ3) is 2.53. The van der Waals surface area contributed by atoms with Crippen molar-refractivity contribution in [3.63, 3.8) is 0 Å². The lowest BCUT2D eigenvalue weighted by Crippen LogP contribution is -2.41. The zero-order valence-corrected chi connectivity index (χ0v) is 10.4. The summed E-state index contributed by atoms with van der Waals surface area (Å²) in [6, 6.07) is 2.53. The number of rotatable bonds is 4. The Bertz CT molecular complexity index is 297. The van der Waals surface area contributed by atoms with Crippen molar-refractivity contribution in [1.29, 1.82) is 5.26 Å². The van der Waals surface area contributed by atoms with Crippen molar-refractivity contribution in [2.24, 2.45) is 5.41 Å². The number of nitrogens with one attached hydrogen (secondary N) is 1. The second-order valence-corrected chi connectivity index (χ2v) is 4.78. The summed E-state index contributed by atoms with van der Waals surface area (Å²) in [5, 5.41) is 11.5. The molecular weight excluding hydrogens is 202 g/mol. The van der Waals surface area contributed by atoms with E-state index in [9.17, 15) is 4.79 Å². The first-order valence-electron chi connectivity index (χ1n) is 5.90. The van der Waals surface area contributed by atoms with Gasteiger partial charge in [0.05, 0.1) is 17.9 Å². The van der Waals surface area contributed by atoms with E-state index in [-0.39, 0.29) is 11.3 Å². The topological polar surface area (TPSA) is 56.1 Å². The summed E-state index contributed by atoms with van der Waals surface area (Å²) in [5.74, 6) is 0.113. The molecular formula is C12H21N3O. The van der Waals surface area contributed by atoms with Gasteiger partial charge in [0.2, 0.25) is 5.91 Å². The van der Waals surface area contributed by atoms with Crippen molar-refractivity contribution in [3.05, 3.63) is 0 Å². The molecule has 0 bridgehead atoms. The van der Waals surface area contributed by atoms with E-state index in [1.165, 1.54) is 0 Å². The van der Waals surface area contributed by atoms with E-state index in [1.54, 1.807) is 7.05 Å². The number of nitriles is 1. The fourth-order valence-electron chi connectivity index (χ4n) is 2.43. The number of amides is 1. The van der Waals surface area contributed by atoms with Crippen LogP contribution >= 0.6 is 0 Å². The highest BCUT2D eigenvalue weighted by Gasteiger charge is 2.41. The van der Waals surface area contributed by atoms with Crippen molar-refractivity contribution in [1.82, 2.24) is 10.2 Å². The minimum Gasteiger partial charge on any atom is -0.359 e. The van der Waals surface area contributed by atoms with Gasteiger partial charge < -0.3 is 5.32 Å². The van der Waals surface area contributed by atoms with Crippen LogP contribution in [0, 0.1) is 16.7 Å². The molecule has 1 N–H and O–H groups in total. The molecule has 0 aromatic heterocycles. The summed E-state index contributed by atoms with van der Waals surface area (Å²) in [7, 11) is 1.68. The van der Waals surface area contributed by atoms with Crippen LogP contribution < -0.4 is 5.32 Å². The Kier molecular flexibility index (Phi) is 4.31. The minimum absolute atomic E-state index is 0.113. The Morgan fingerprint density at radius 3 is 2.88 bits per heavy atom. The molecule has 0 aromatic carbocycles. The van der Waals surface area contributed by atoms with Crippen LogP contribution in [0.2, 0.25) is 0 Å². The molecule has 16 heavy (non-hydrogen) atoms. The third-order valence-electron chi connectivity index (χ3n) is 3.59.